The third kappa shape index (κ3) is 5.27. The molecule has 1 N–H and O–H groups in total. The van der Waals surface area contributed by atoms with Crippen LogP contribution >= 0.6 is 0 Å². The number of carbonyl (C=O) groups is 1. The molecule has 0 fully saturated rings. The first-order chi connectivity index (χ1) is 11.0. The lowest BCUT2D eigenvalue weighted by molar-refractivity contribution is 0.165. The Labute approximate surface area is 135 Å². The molecule has 0 aliphatic rings. The summed E-state index contributed by atoms with van der Waals surface area (Å²) in [5.74, 6) is 0. The van der Waals surface area contributed by atoms with Crippen LogP contribution in [-0.4, -0.2) is 21.1 Å². The van der Waals surface area contributed by atoms with Crippen molar-refractivity contribution < 1.29 is 17.9 Å². The first-order valence-electron chi connectivity index (χ1n) is 6.95. The van der Waals surface area contributed by atoms with Gasteiger partial charge in [0, 0.05) is 0 Å². The van der Waals surface area contributed by atoms with E-state index in [-0.39, 0.29) is 11.5 Å². The second-order valence-corrected chi connectivity index (χ2v) is 6.51. The molecule has 0 bridgehead atoms. The van der Waals surface area contributed by atoms with E-state index >= 15 is 0 Å². The second kappa shape index (κ2) is 7.60. The number of sulfonamides is 1. The van der Waals surface area contributed by atoms with Gasteiger partial charge in [-0.3, -0.25) is 0 Å². The minimum atomic E-state index is -3.91. The van der Waals surface area contributed by atoms with Gasteiger partial charge in [0.05, 0.1) is 4.90 Å². The van der Waals surface area contributed by atoms with E-state index in [4.69, 9.17) is 4.74 Å². The first-order valence-corrected chi connectivity index (χ1v) is 8.43. The zero-order valence-electron chi connectivity index (χ0n) is 12.6. The van der Waals surface area contributed by atoms with E-state index in [9.17, 15) is 13.2 Å². The molecule has 0 saturated heterocycles. The van der Waals surface area contributed by atoms with Crippen molar-refractivity contribution in [2.24, 2.45) is 0 Å². The molecule has 0 spiro atoms. The van der Waals surface area contributed by atoms with Gasteiger partial charge >= 0.3 is 6.09 Å². The summed E-state index contributed by atoms with van der Waals surface area (Å²) in [6, 6.07) is 15.7. The van der Waals surface area contributed by atoms with E-state index in [1.165, 1.54) is 12.1 Å². The molecule has 1 amide bonds. The highest BCUT2D eigenvalue weighted by Gasteiger charge is 2.17. The Balaban J connectivity index is 1.87. The predicted molar refractivity (Wildman–Crippen MR) is 88.3 cm³/mol. The number of ether oxygens (including phenoxy) is 1. The van der Waals surface area contributed by atoms with Gasteiger partial charge in [0.25, 0.3) is 10.0 Å². The van der Waals surface area contributed by atoms with Crippen LogP contribution in [0.1, 0.15) is 11.1 Å². The van der Waals surface area contributed by atoms with Gasteiger partial charge in [0.1, 0.15) is 6.61 Å². The minimum Gasteiger partial charge on any atom is -0.445 e. The lowest BCUT2D eigenvalue weighted by atomic mass is 10.2. The summed E-state index contributed by atoms with van der Waals surface area (Å²) in [6.45, 7) is 1.82. The molecule has 2 aromatic rings. The molecule has 5 nitrogen and oxygen atoms in total. The van der Waals surface area contributed by atoms with Gasteiger partial charge in [-0.2, -0.15) is 0 Å². The van der Waals surface area contributed by atoms with Gasteiger partial charge in [-0.05, 0) is 30.7 Å². The number of amides is 1. The molecule has 0 aliphatic heterocycles. The van der Waals surface area contributed by atoms with Crippen molar-refractivity contribution in [3.63, 3.8) is 0 Å². The van der Waals surface area contributed by atoms with E-state index in [1.54, 1.807) is 24.3 Å². The predicted octanol–water partition coefficient (Wildman–Crippen LogP) is 3.12. The molecule has 0 heterocycles. The van der Waals surface area contributed by atoms with Crippen molar-refractivity contribution in [1.82, 2.24) is 4.72 Å². The Morgan fingerprint density at radius 3 is 2.39 bits per heavy atom. The lowest BCUT2D eigenvalue weighted by Crippen LogP contribution is -2.31. The molecule has 0 unspecified atom stereocenters. The third-order valence-corrected chi connectivity index (χ3v) is 4.30. The molecule has 6 heteroatoms. The van der Waals surface area contributed by atoms with E-state index in [2.05, 4.69) is 0 Å². The molecule has 0 aromatic heterocycles. The molecule has 0 saturated carbocycles. The van der Waals surface area contributed by atoms with Crippen LogP contribution < -0.4 is 4.72 Å². The summed E-state index contributed by atoms with van der Waals surface area (Å²) < 4.78 is 30.7. The van der Waals surface area contributed by atoms with Crippen LogP contribution in [0, 0.1) is 6.92 Å². The fraction of sp³-hybridized carbons (Fsp3) is 0.118. The fourth-order valence-corrected chi connectivity index (χ4v) is 2.68. The highest BCUT2D eigenvalue weighted by Crippen LogP contribution is 2.09. The smallest absolute Gasteiger partial charge is 0.421 e. The SMILES string of the molecule is Cc1ccc(S(=O)(=O)NC(=O)OCC=Cc2ccccc2)cc1. The largest absolute Gasteiger partial charge is 0.445 e. The Morgan fingerprint density at radius 2 is 1.74 bits per heavy atom. The van der Waals surface area contributed by atoms with E-state index < -0.39 is 16.1 Å². The summed E-state index contributed by atoms with van der Waals surface area (Å²) in [7, 11) is -3.91. The lowest BCUT2D eigenvalue weighted by Gasteiger charge is -2.07. The highest BCUT2D eigenvalue weighted by atomic mass is 32.2. The van der Waals surface area contributed by atoms with Gasteiger partial charge < -0.3 is 4.74 Å². The van der Waals surface area contributed by atoms with Crippen molar-refractivity contribution in [1.29, 1.82) is 0 Å². The summed E-state index contributed by atoms with van der Waals surface area (Å²) in [5, 5.41) is 0. The van der Waals surface area contributed by atoms with Crippen LogP contribution in [0.4, 0.5) is 4.79 Å². The van der Waals surface area contributed by atoms with E-state index in [1.807, 2.05) is 42.0 Å². The summed E-state index contributed by atoms with van der Waals surface area (Å²) in [6.07, 6.45) is 2.40. The number of hydrogen-bond acceptors (Lipinski definition) is 4. The molecule has 0 atom stereocenters. The summed E-state index contributed by atoms with van der Waals surface area (Å²) >= 11 is 0. The van der Waals surface area contributed by atoms with Crippen LogP contribution in [-0.2, 0) is 14.8 Å². The molecular weight excluding hydrogens is 314 g/mol. The van der Waals surface area contributed by atoms with Crippen molar-refractivity contribution in [2.75, 3.05) is 6.61 Å². The van der Waals surface area contributed by atoms with Crippen LogP contribution in [0.15, 0.2) is 65.6 Å². The molecule has 0 aliphatic carbocycles. The number of benzene rings is 2. The van der Waals surface area contributed by atoms with Gasteiger partial charge in [-0.15, -0.1) is 0 Å². The van der Waals surface area contributed by atoms with Gasteiger partial charge in [-0.25, -0.2) is 17.9 Å². The molecular formula is C17H17NO4S. The Hall–Kier alpha value is -2.60. The van der Waals surface area contributed by atoms with Crippen LogP contribution in [0.5, 0.6) is 0 Å². The standard InChI is InChI=1S/C17H17NO4S/c1-14-9-11-16(12-10-14)23(20,21)18-17(19)22-13-5-8-15-6-3-2-4-7-15/h2-12H,13H2,1H3,(H,18,19). The number of nitrogens with one attached hydrogen (secondary N) is 1. The van der Waals surface area contributed by atoms with Gasteiger partial charge in [-0.1, -0.05) is 54.1 Å². The number of carbonyl (C=O) groups excluding carboxylic acids is 1. The highest BCUT2D eigenvalue weighted by molar-refractivity contribution is 7.90. The molecule has 2 rings (SSSR count). The maximum absolute atomic E-state index is 12.0. The Morgan fingerprint density at radius 1 is 1.09 bits per heavy atom. The van der Waals surface area contributed by atoms with Gasteiger partial charge in [0.2, 0.25) is 0 Å². The van der Waals surface area contributed by atoms with E-state index in [0.29, 0.717) is 0 Å². The van der Waals surface area contributed by atoms with E-state index in [0.717, 1.165) is 11.1 Å². The van der Waals surface area contributed by atoms with Crippen molar-refractivity contribution in [2.45, 2.75) is 11.8 Å². The van der Waals surface area contributed by atoms with Crippen molar-refractivity contribution >= 4 is 22.2 Å². The summed E-state index contributed by atoms with van der Waals surface area (Å²) in [5.41, 5.74) is 1.89. The number of hydrogen-bond donors (Lipinski definition) is 1. The Bertz CT molecular complexity index is 781. The minimum absolute atomic E-state index is 0.0138. The summed E-state index contributed by atoms with van der Waals surface area (Å²) in [4.78, 5) is 11.6. The fourth-order valence-electron chi connectivity index (χ4n) is 1.79. The molecule has 2 aromatic carbocycles. The maximum atomic E-state index is 12.0. The quantitative estimate of drug-likeness (QED) is 0.913. The van der Waals surface area contributed by atoms with Crippen molar-refractivity contribution in [3.05, 3.63) is 71.8 Å². The van der Waals surface area contributed by atoms with Gasteiger partial charge in [0.15, 0.2) is 0 Å². The zero-order chi connectivity index (χ0) is 16.7. The Kier molecular flexibility index (Phi) is 5.54. The topological polar surface area (TPSA) is 72.5 Å². The number of aryl methyl sites for hydroxylation is 1. The molecule has 0 radical (unpaired) electrons. The van der Waals surface area contributed by atoms with Crippen LogP contribution in [0.2, 0.25) is 0 Å². The average Bonchev–Trinajstić information content (AvgIpc) is 2.52. The maximum Gasteiger partial charge on any atom is 0.421 e. The monoisotopic (exact) mass is 331 g/mol. The number of rotatable bonds is 5. The molecule has 120 valence electrons. The van der Waals surface area contributed by atoms with Crippen molar-refractivity contribution in [3.8, 4) is 0 Å². The third-order valence-electron chi connectivity index (χ3n) is 2.97. The first kappa shape index (κ1) is 16.8. The van der Waals surface area contributed by atoms with Crippen LogP contribution in [0.3, 0.4) is 0 Å². The zero-order valence-corrected chi connectivity index (χ0v) is 13.4. The van der Waals surface area contributed by atoms with Crippen LogP contribution in [0.25, 0.3) is 6.08 Å². The average molecular weight is 331 g/mol. The normalized spacial score (nSPS) is 11.3. The molecule has 23 heavy (non-hydrogen) atoms. The second-order valence-electron chi connectivity index (χ2n) is 4.83.